The fourth-order valence-corrected chi connectivity index (χ4v) is 4.77. The number of aliphatic imine (C=N–C) groups is 1. The van der Waals surface area contributed by atoms with Gasteiger partial charge < -0.3 is 9.84 Å². The Kier molecular flexibility index (Phi) is 5.76. The normalized spacial score (nSPS) is 12.2. The fourth-order valence-electron chi connectivity index (χ4n) is 2.82. The second kappa shape index (κ2) is 8.52. The number of methoxy groups -OCH3 is 1. The minimum atomic E-state index is -4.29. The Hall–Kier alpha value is -3.57. The maximum Gasteiger partial charge on any atom is 0.262 e. The van der Waals surface area contributed by atoms with Gasteiger partial charge in [0.25, 0.3) is 10.0 Å². The van der Waals surface area contributed by atoms with Crippen LogP contribution in [-0.4, -0.2) is 26.4 Å². The Morgan fingerprint density at radius 1 is 1.09 bits per heavy atom. The van der Waals surface area contributed by atoms with Crippen LogP contribution in [0.4, 0.5) is 19.6 Å². The molecule has 4 aromatic rings. The second-order valence-corrected chi connectivity index (χ2v) is 9.17. The van der Waals surface area contributed by atoms with Crippen LogP contribution in [-0.2, 0) is 10.0 Å². The third-order valence-corrected chi connectivity index (χ3v) is 6.66. The lowest BCUT2D eigenvalue weighted by molar-refractivity contribution is -0.212. The summed E-state index contributed by atoms with van der Waals surface area (Å²) in [7, 11) is -2.75. The Morgan fingerprint density at radius 2 is 1.88 bits per heavy atom. The number of ether oxygens (including phenoxy) is 1. The number of para-hydroxylation sites is 1. The first kappa shape index (κ1) is 21.7. The van der Waals surface area contributed by atoms with Crippen molar-refractivity contribution in [3.63, 3.8) is 0 Å². The molecular formula is C21H14F2N3O4S2-. The van der Waals surface area contributed by atoms with Crippen molar-refractivity contribution >= 4 is 48.3 Å². The molecule has 0 atom stereocenters. The van der Waals surface area contributed by atoms with E-state index in [1.807, 2.05) is 0 Å². The van der Waals surface area contributed by atoms with E-state index in [-0.39, 0.29) is 16.4 Å². The molecule has 0 aliphatic rings. The molecule has 1 N–H and O–H groups in total. The number of benzene rings is 3. The summed E-state index contributed by atoms with van der Waals surface area (Å²) in [6.45, 7) is 0. The van der Waals surface area contributed by atoms with Crippen molar-refractivity contribution in [3.8, 4) is 5.75 Å². The number of aromatic nitrogens is 1. The van der Waals surface area contributed by atoms with Crippen molar-refractivity contribution in [1.82, 2.24) is 4.98 Å². The quantitative estimate of drug-likeness (QED) is 0.338. The van der Waals surface area contributed by atoms with Crippen molar-refractivity contribution < 1.29 is 27.0 Å². The van der Waals surface area contributed by atoms with Gasteiger partial charge >= 0.3 is 0 Å². The minimum absolute atomic E-state index is 0.0319. The van der Waals surface area contributed by atoms with Crippen molar-refractivity contribution in [2.24, 2.45) is 4.99 Å². The molecule has 0 amide bonds. The number of fused-ring (bicyclic) bond motifs is 1. The lowest BCUT2D eigenvalue weighted by Gasteiger charge is -2.16. The lowest BCUT2D eigenvalue weighted by atomic mass is 10.2. The van der Waals surface area contributed by atoms with E-state index in [9.17, 15) is 22.3 Å². The third kappa shape index (κ3) is 4.39. The van der Waals surface area contributed by atoms with Crippen molar-refractivity contribution in [2.45, 2.75) is 4.90 Å². The topological polar surface area (TPSA) is 104 Å². The highest BCUT2D eigenvalue weighted by Crippen LogP contribution is 2.31. The van der Waals surface area contributed by atoms with Gasteiger partial charge in [0.1, 0.15) is 5.75 Å². The first-order valence-corrected chi connectivity index (χ1v) is 11.3. The molecule has 32 heavy (non-hydrogen) atoms. The molecule has 3 aromatic carbocycles. The number of hydrogen-bond donors (Lipinski definition) is 1. The molecule has 7 nitrogen and oxygen atoms in total. The van der Waals surface area contributed by atoms with Crippen molar-refractivity contribution in [3.05, 3.63) is 77.9 Å². The molecule has 1 aromatic heterocycles. The Morgan fingerprint density at radius 3 is 2.62 bits per heavy atom. The zero-order valence-electron chi connectivity index (χ0n) is 16.4. The number of halogens is 2. The van der Waals surface area contributed by atoms with E-state index in [0.29, 0.717) is 23.4 Å². The molecule has 11 heteroatoms. The molecule has 0 aliphatic heterocycles. The van der Waals surface area contributed by atoms with Crippen LogP contribution in [0.1, 0.15) is 5.56 Å². The molecule has 0 aliphatic carbocycles. The average molecular weight is 474 g/mol. The molecular weight excluding hydrogens is 460 g/mol. The highest BCUT2D eigenvalue weighted by Gasteiger charge is 2.18. The molecule has 164 valence electrons. The van der Waals surface area contributed by atoms with Crippen LogP contribution in [0.15, 0.2) is 70.6 Å². The molecule has 0 saturated carbocycles. The summed E-state index contributed by atoms with van der Waals surface area (Å²) in [5.74, 6) is -2.57. The summed E-state index contributed by atoms with van der Waals surface area (Å²) >= 11 is 1.17. The number of anilines is 1. The first-order chi connectivity index (χ1) is 15.3. The van der Waals surface area contributed by atoms with Gasteiger partial charge in [0.15, 0.2) is 11.6 Å². The van der Waals surface area contributed by atoms with Crippen LogP contribution in [0.2, 0.25) is 0 Å². The predicted octanol–water partition coefficient (Wildman–Crippen LogP) is 3.82. The second-order valence-electron chi connectivity index (χ2n) is 6.47. The van der Waals surface area contributed by atoms with Crippen LogP contribution >= 0.6 is 11.3 Å². The van der Waals surface area contributed by atoms with E-state index < -0.39 is 32.5 Å². The largest absolute Gasteiger partial charge is 0.858 e. The number of sulfonamides is 1. The number of hydrogen-bond acceptors (Lipinski definition) is 7. The van der Waals surface area contributed by atoms with Gasteiger partial charge in [0.05, 0.1) is 27.9 Å². The van der Waals surface area contributed by atoms with Crippen molar-refractivity contribution in [1.29, 1.82) is 0 Å². The van der Waals surface area contributed by atoms with E-state index in [4.69, 9.17) is 4.74 Å². The standard InChI is InChI=1S/C21H15F2N3O4S2/c1-30-12-6-9-18-19(10-12)31-21(24-18)25-20(27)14-4-2-3-5-17(14)26-32(28,29)13-7-8-15(22)16(23)11-13/h2-11,26H,1H3,(H,24,25,27)/p-1. The van der Waals surface area contributed by atoms with Crippen LogP contribution < -0.4 is 14.6 Å². The SMILES string of the molecule is COc1ccc2nc(N=C([O-])c3ccccc3NS(=O)(=O)c3ccc(F)c(F)c3)sc2c1. The monoisotopic (exact) mass is 474 g/mol. The molecule has 0 radical (unpaired) electrons. The zero-order chi connectivity index (χ0) is 22.9. The maximum atomic E-state index is 13.5. The predicted molar refractivity (Wildman–Crippen MR) is 116 cm³/mol. The van der Waals surface area contributed by atoms with Gasteiger partial charge in [-0.1, -0.05) is 29.5 Å². The van der Waals surface area contributed by atoms with Gasteiger partial charge in [-0.25, -0.2) is 27.2 Å². The van der Waals surface area contributed by atoms with E-state index in [1.165, 1.54) is 36.6 Å². The van der Waals surface area contributed by atoms with Gasteiger partial charge in [-0.3, -0.25) is 4.72 Å². The Bertz CT molecular complexity index is 1450. The van der Waals surface area contributed by atoms with Crippen LogP contribution in [0.5, 0.6) is 5.75 Å². The third-order valence-electron chi connectivity index (χ3n) is 4.38. The fraction of sp³-hybridized carbons (Fsp3) is 0.0476. The first-order valence-electron chi connectivity index (χ1n) is 9.04. The number of thiazole rings is 1. The Labute approximate surface area is 185 Å². The summed E-state index contributed by atoms with van der Waals surface area (Å²) in [6.07, 6.45) is 0. The molecule has 0 unspecified atom stereocenters. The van der Waals surface area contributed by atoms with Crippen LogP contribution in [0, 0.1) is 11.6 Å². The van der Waals surface area contributed by atoms with Crippen LogP contribution in [0.25, 0.3) is 10.2 Å². The molecule has 0 saturated heterocycles. The van der Waals surface area contributed by atoms with E-state index in [1.54, 1.807) is 24.3 Å². The zero-order valence-corrected chi connectivity index (χ0v) is 18.0. The summed E-state index contributed by atoms with van der Waals surface area (Å²) in [6, 6.07) is 13.2. The smallest absolute Gasteiger partial charge is 0.262 e. The average Bonchev–Trinajstić information content (AvgIpc) is 3.16. The van der Waals surface area contributed by atoms with E-state index >= 15 is 0 Å². The molecule has 0 fully saturated rings. The highest BCUT2D eigenvalue weighted by atomic mass is 32.2. The molecule has 4 rings (SSSR count). The number of rotatable bonds is 6. The van der Waals surface area contributed by atoms with E-state index in [2.05, 4.69) is 14.7 Å². The van der Waals surface area contributed by atoms with Crippen LogP contribution in [0.3, 0.4) is 0 Å². The Balaban J connectivity index is 1.67. The maximum absolute atomic E-state index is 13.5. The van der Waals surface area contributed by atoms with Gasteiger partial charge in [-0.15, -0.1) is 0 Å². The van der Waals surface area contributed by atoms with Gasteiger partial charge in [-0.05, 0) is 48.4 Å². The van der Waals surface area contributed by atoms with Gasteiger partial charge in [0, 0.05) is 5.56 Å². The minimum Gasteiger partial charge on any atom is -0.858 e. The van der Waals surface area contributed by atoms with Gasteiger partial charge in [0.2, 0.25) is 5.13 Å². The van der Waals surface area contributed by atoms with Gasteiger partial charge in [-0.2, -0.15) is 0 Å². The number of nitrogens with one attached hydrogen (secondary N) is 1. The number of nitrogens with zero attached hydrogens (tertiary/aromatic N) is 2. The highest BCUT2D eigenvalue weighted by molar-refractivity contribution is 7.92. The summed E-state index contributed by atoms with van der Waals surface area (Å²) < 4.78 is 60.0. The lowest BCUT2D eigenvalue weighted by Crippen LogP contribution is -2.22. The molecule has 1 heterocycles. The summed E-state index contributed by atoms with van der Waals surface area (Å²) in [5.41, 5.74) is 0.541. The summed E-state index contributed by atoms with van der Waals surface area (Å²) in [5, 5.41) is 13.0. The van der Waals surface area contributed by atoms with Crippen molar-refractivity contribution in [2.75, 3.05) is 11.8 Å². The van der Waals surface area contributed by atoms with E-state index in [0.717, 1.165) is 10.8 Å². The molecule has 0 bridgehead atoms. The summed E-state index contributed by atoms with van der Waals surface area (Å²) in [4.78, 5) is 7.79. The molecule has 0 spiro atoms.